The quantitative estimate of drug-likeness (QED) is 0.731. The van der Waals surface area contributed by atoms with E-state index in [2.05, 4.69) is 16.0 Å². The molecule has 2 aromatic heterocycles. The Morgan fingerprint density at radius 1 is 1.32 bits per heavy atom. The fourth-order valence-electron chi connectivity index (χ4n) is 2.19. The van der Waals surface area contributed by atoms with Crippen LogP contribution < -0.4 is 0 Å². The largest absolute Gasteiger partial charge is 0.427 e. The molecule has 3 rings (SSSR count). The maximum atomic E-state index is 8.82. The molecule has 0 atom stereocenters. The summed E-state index contributed by atoms with van der Waals surface area (Å²) in [6, 6.07) is 9.98. The van der Waals surface area contributed by atoms with Crippen molar-refractivity contribution in [3.63, 3.8) is 0 Å². The zero-order valence-electron chi connectivity index (χ0n) is 12.0. The third-order valence-corrected chi connectivity index (χ3v) is 3.55. The van der Waals surface area contributed by atoms with Crippen molar-refractivity contribution < 1.29 is 4.42 Å². The predicted octanol–water partition coefficient (Wildman–Crippen LogP) is 3.95. The molecule has 5 nitrogen and oxygen atoms in total. The number of imidazole rings is 1. The monoisotopic (exact) mass is 312 g/mol. The van der Waals surface area contributed by atoms with E-state index in [-0.39, 0.29) is 0 Å². The van der Waals surface area contributed by atoms with E-state index in [1.54, 1.807) is 17.0 Å². The van der Waals surface area contributed by atoms with E-state index >= 15 is 0 Å². The molecule has 0 aliphatic rings. The molecule has 2 heterocycles. The zero-order chi connectivity index (χ0) is 15.5. The van der Waals surface area contributed by atoms with Gasteiger partial charge in [-0.1, -0.05) is 23.7 Å². The molecular weight excluding hydrogens is 300 g/mol. The summed E-state index contributed by atoms with van der Waals surface area (Å²) in [7, 11) is 0. The molecule has 0 aliphatic heterocycles. The van der Waals surface area contributed by atoms with Crippen LogP contribution in [-0.2, 0) is 6.42 Å². The van der Waals surface area contributed by atoms with E-state index in [1.807, 2.05) is 31.2 Å². The van der Waals surface area contributed by atoms with Gasteiger partial charge in [0, 0.05) is 35.8 Å². The number of hydrogen-bond donors (Lipinski definition) is 0. The molecule has 110 valence electrons. The lowest BCUT2D eigenvalue weighted by molar-refractivity contribution is 0.481. The van der Waals surface area contributed by atoms with Gasteiger partial charge in [-0.3, -0.25) is 4.57 Å². The number of hydrogen-bond acceptors (Lipinski definition) is 4. The van der Waals surface area contributed by atoms with Crippen LogP contribution in [0.5, 0.6) is 0 Å². The highest BCUT2D eigenvalue weighted by atomic mass is 35.5. The summed E-state index contributed by atoms with van der Waals surface area (Å²) in [6.07, 6.45) is 4.37. The summed E-state index contributed by atoms with van der Waals surface area (Å²) in [6.45, 7) is 1.88. The van der Waals surface area contributed by atoms with Gasteiger partial charge in [0.15, 0.2) is 0 Å². The summed E-state index contributed by atoms with van der Waals surface area (Å²) >= 11 is 5.93. The molecule has 0 radical (unpaired) electrons. The standard InChI is InChI=1S/C16H13ClN4O/c1-11-19-9-10-21(11)16-20-15(14(22-16)3-2-8-18)12-4-6-13(17)7-5-12/h4-7,9-10H,2-3H2,1H3. The van der Waals surface area contributed by atoms with Gasteiger partial charge in [0.1, 0.15) is 17.3 Å². The molecule has 22 heavy (non-hydrogen) atoms. The number of oxazole rings is 1. The lowest BCUT2D eigenvalue weighted by atomic mass is 10.1. The van der Waals surface area contributed by atoms with E-state index in [4.69, 9.17) is 21.3 Å². The minimum absolute atomic E-state index is 0.373. The van der Waals surface area contributed by atoms with Crippen molar-refractivity contribution in [2.75, 3.05) is 0 Å². The maximum Gasteiger partial charge on any atom is 0.307 e. The molecule has 0 saturated heterocycles. The second-order valence-corrected chi connectivity index (χ2v) is 5.21. The molecule has 3 aromatic rings. The predicted molar refractivity (Wildman–Crippen MR) is 82.7 cm³/mol. The first-order valence-corrected chi connectivity index (χ1v) is 7.20. The van der Waals surface area contributed by atoms with E-state index in [1.165, 1.54) is 0 Å². The van der Waals surface area contributed by atoms with Gasteiger partial charge in [-0.05, 0) is 19.1 Å². The third kappa shape index (κ3) is 2.74. The van der Waals surface area contributed by atoms with Gasteiger partial charge in [-0.2, -0.15) is 10.2 Å². The number of benzene rings is 1. The average Bonchev–Trinajstić information content (AvgIpc) is 3.12. The summed E-state index contributed by atoms with van der Waals surface area (Å²) in [5, 5.41) is 9.48. The van der Waals surface area contributed by atoms with Crippen molar-refractivity contribution in [1.29, 1.82) is 5.26 Å². The minimum Gasteiger partial charge on any atom is -0.427 e. The number of rotatable bonds is 4. The average molecular weight is 313 g/mol. The van der Waals surface area contributed by atoms with Gasteiger partial charge >= 0.3 is 6.01 Å². The Labute approximate surface area is 132 Å². The molecule has 0 aliphatic carbocycles. The Bertz CT molecular complexity index is 827. The molecule has 0 fully saturated rings. The third-order valence-electron chi connectivity index (χ3n) is 3.30. The Kier molecular flexibility index (Phi) is 3.94. The van der Waals surface area contributed by atoms with Gasteiger partial charge < -0.3 is 4.42 Å². The second kappa shape index (κ2) is 6.04. The fraction of sp³-hybridized carbons (Fsp3) is 0.188. The van der Waals surface area contributed by atoms with Gasteiger partial charge in [0.25, 0.3) is 0 Å². The molecule has 0 saturated carbocycles. The van der Waals surface area contributed by atoms with Gasteiger partial charge in [-0.25, -0.2) is 4.98 Å². The molecule has 0 bridgehead atoms. The van der Waals surface area contributed by atoms with E-state index < -0.39 is 0 Å². The van der Waals surface area contributed by atoms with Crippen LogP contribution in [0.4, 0.5) is 0 Å². The zero-order valence-corrected chi connectivity index (χ0v) is 12.7. The Morgan fingerprint density at radius 2 is 2.09 bits per heavy atom. The molecule has 0 N–H and O–H groups in total. The number of aromatic nitrogens is 3. The number of nitriles is 1. The summed E-state index contributed by atoms with van der Waals surface area (Å²) < 4.78 is 7.63. The highest BCUT2D eigenvalue weighted by Gasteiger charge is 2.17. The highest BCUT2D eigenvalue weighted by Crippen LogP contribution is 2.28. The molecular formula is C16H13ClN4O. The topological polar surface area (TPSA) is 67.6 Å². The van der Waals surface area contributed by atoms with Crippen LogP contribution in [0.2, 0.25) is 5.02 Å². The lowest BCUT2D eigenvalue weighted by Gasteiger charge is -1.99. The first kappa shape index (κ1) is 14.4. The Morgan fingerprint density at radius 3 is 2.73 bits per heavy atom. The Balaban J connectivity index is 2.07. The van der Waals surface area contributed by atoms with Crippen molar-refractivity contribution in [3.05, 3.63) is 53.3 Å². The molecule has 6 heteroatoms. The smallest absolute Gasteiger partial charge is 0.307 e. The second-order valence-electron chi connectivity index (χ2n) is 4.78. The molecule has 0 spiro atoms. The van der Waals surface area contributed by atoms with E-state index in [0.717, 1.165) is 17.1 Å². The highest BCUT2D eigenvalue weighted by molar-refractivity contribution is 6.30. The van der Waals surface area contributed by atoms with Crippen molar-refractivity contribution in [2.45, 2.75) is 19.8 Å². The van der Waals surface area contributed by atoms with Crippen molar-refractivity contribution >= 4 is 11.6 Å². The van der Waals surface area contributed by atoms with E-state index in [9.17, 15) is 0 Å². The summed E-state index contributed by atoms with van der Waals surface area (Å²) in [5.74, 6) is 1.47. The molecule has 0 unspecified atom stereocenters. The molecule has 0 amide bonds. The summed E-state index contributed by atoms with van der Waals surface area (Å²) in [5.41, 5.74) is 1.64. The van der Waals surface area contributed by atoms with Crippen LogP contribution in [0.3, 0.4) is 0 Å². The van der Waals surface area contributed by atoms with Crippen LogP contribution in [0, 0.1) is 18.3 Å². The van der Waals surface area contributed by atoms with Crippen LogP contribution in [0.1, 0.15) is 18.0 Å². The SMILES string of the molecule is Cc1nccn1-c1nc(-c2ccc(Cl)cc2)c(CCC#N)o1. The van der Waals surface area contributed by atoms with Crippen LogP contribution >= 0.6 is 11.6 Å². The number of halogens is 1. The minimum atomic E-state index is 0.373. The molecule has 1 aromatic carbocycles. The summed E-state index contributed by atoms with van der Waals surface area (Å²) in [4.78, 5) is 8.74. The number of aryl methyl sites for hydroxylation is 2. The van der Waals surface area contributed by atoms with Crippen LogP contribution in [0.15, 0.2) is 41.1 Å². The van der Waals surface area contributed by atoms with Gasteiger partial charge in [-0.15, -0.1) is 0 Å². The first-order valence-electron chi connectivity index (χ1n) is 6.82. The van der Waals surface area contributed by atoms with Crippen LogP contribution in [-0.4, -0.2) is 14.5 Å². The Hall–Kier alpha value is -2.58. The van der Waals surface area contributed by atoms with Crippen molar-refractivity contribution in [2.24, 2.45) is 0 Å². The van der Waals surface area contributed by atoms with Crippen LogP contribution in [0.25, 0.3) is 17.3 Å². The van der Waals surface area contributed by atoms with Crippen molar-refractivity contribution in [3.8, 4) is 23.3 Å². The van der Waals surface area contributed by atoms with Crippen molar-refractivity contribution in [1.82, 2.24) is 14.5 Å². The maximum absolute atomic E-state index is 8.82. The normalized spacial score (nSPS) is 10.6. The van der Waals surface area contributed by atoms with E-state index in [0.29, 0.717) is 29.6 Å². The van der Waals surface area contributed by atoms with Gasteiger partial charge in [0.2, 0.25) is 0 Å². The fourth-order valence-corrected chi connectivity index (χ4v) is 2.32. The lowest BCUT2D eigenvalue weighted by Crippen LogP contribution is -1.95. The number of nitrogens with zero attached hydrogens (tertiary/aromatic N) is 4. The first-order chi connectivity index (χ1) is 10.7. The van der Waals surface area contributed by atoms with Gasteiger partial charge in [0.05, 0.1) is 6.07 Å².